The van der Waals surface area contributed by atoms with Crippen molar-refractivity contribution >= 4 is 0 Å². The van der Waals surface area contributed by atoms with Gasteiger partial charge in [0.1, 0.15) is 17.4 Å². The first-order chi connectivity index (χ1) is 7.81. The van der Waals surface area contributed by atoms with Crippen molar-refractivity contribution in [3.8, 4) is 17.7 Å². The Morgan fingerprint density at radius 3 is 2.62 bits per heavy atom. The number of benzene rings is 1. The van der Waals surface area contributed by atoms with E-state index in [0.717, 1.165) is 5.56 Å². The minimum absolute atomic E-state index is 0.355. The molecule has 0 aliphatic heterocycles. The van der Waals surface area contributed by atoms with Crippen molar-refractivity contribution in [2.24, 2.45) is 0 Å². The second-order valence-electron chi connectivity index (χ2n) is 3.33. The fraction of sp³-hybridized carbons (Fsp3) is 0.0769. The van der Waals surface area contributed by atoms with E-state index in [2.05, 4.69) is 11.1 Å². The molecule has 1 aromatic heterocycles. The largest absolute Gasteiger partial charge is 0.438 e. The molecule has 0 N–H and O–H groups in total. The molecule has 78 valence electrons. The molecule has 1 aromatic carbocycles. The summed E-state index contributed by atoms with van der Waals surface area (Å²) in [6.45, 7) is 1.86. The summed E-state index contributed by atoms with van der Waals surface area (Å²) in [4.78, 5) is 4.06. The summed E-state index contributed by atoms with van der Waals surface area (Å²) in [5.41, 5.74) is 1.34. The van der Waals surface area contributed by atoms with E-state index >= 15 is 0 Å². The third-order valence-electron chi connectivity index (χ3n) is 2.19. The maximum atomic E-state index is 9.01. The second-order valence-corrected chi connectivity index (χ2v) is 3.33. The summed E-state index contributed by atoms with van der Waals surface area (Å²) in [6.07, 6.45) is 1.63. The van der Waals surface area contributed by atoms with Crippen molar-refractivity contribution in [2.45, 2.75) is 6.92 Å². The molecule has 3 nitrogen and oxygen atoms in total. The first kappa shape index (κ1) is 10.2. The van der Waals surface area contributed by atoms with Gasteiger partial charge in [0, 0.05) is 6.20 Å². The van der Waals surface area contributed by atoms with Crippen LogP contribution in [0.3, 0.4) is 0 Å². The summed E-state index contributed by atoms with van der Waals surface area (Å²) in [5, 5.41) is 9.01. The van der Waals surface area contributed by atoms with Crippen LogP contribution in [0.1, 0.15) is 11.1 Å². The zero-order valence-corrected chi connectivity index (χ0v) is 8.84. The maximum absolute atomic E-state index is 9.01. The van der Waals surface area contributed by atoms with E-state index in [0.29, 0.717) is 17.2 Å². The molecule has 0 aliphatic rings. The summed E-state index contributed by atoms with van der Waals surface area (Å²) in [6, 6.07) is 13.2. The normalized spacial score (nSPS) is 9.50. The van der Waals surface area contributed by atoms with Crippen LogP contribution in [0.15, 0.2) is 42.6 Å². The van der Waals surface area contributed by atoms with Gasteiger partial charge in [0.15, 0.2) is 0 Å². The molecule has 0 saturated carbocycles. The minimum Gasteiger partial charge on any atom is -0.438 e. The Kier molecular flexibility index (Phi) is 2.84. The molecule has 0 fully saturated rings. The molecular formula is C13H10N2O. The molecule has 0 amide bonds. The van der Waals surface area contributed by atoms with E-state index in [9.17, 15) is 0 Å². The van der Waals surface area contributed by atoms with Gasteiger partial charge < -0.3 is 4.74 Å². The number of hydrogen-bond acceptors (Lipinski definition) is 3. The molecule has 0 atom stereocenters. The third kappa shape index (κ3) is 2.01. The van der Waals surface area contributed by atoms with Crippen LogP contribution in [0, 0.1) is 18.3 Å². The van der Waals surface area contributed by atoms with Gasteiger partial charge in [-0.1, -0.05) is 18.2 Å². The minimum atomic E-state index is 0.355. The smallest absolute Gasteiger partial charge is 0.237 e. The summed E-state index contributed by atoms with van der Waals surface area (Å²) in [5.74, 6) is 1.03. The molecule has 0 radical (unpaired) electrons. The van der Waals surface area contributed by atoms with Crippen LogP contribution in [-0.2, 0) is 0 Å². The van der Waals surface area contributed by atoms with Crippen molar-refractivity contribution in [1.29, 1.82) is 5.26 Å². The van der Waals surface area contributed by atoms with Crippen LogP contribution < -0.4 is 4.74 Å². The van der Waals surface area contributed by atoms with E-state index in [-0.39, 0.29) is 0 Å². The van der Waals surface area contributed by atoms with Crippen LogP contribution in [0.4, 0.5) is 0 Å². The van der Waals surface area contributed by atoms with Gasteiger partial charge in [-0.25, -0.2) is 4.98 Å². The number of nitriles is 1. The van der Waals surface area contributed by atoms with Crippen molar-refractivity contribution < 1.29 is 4.74 Å². The topological polar surface area (TPSA) is 45.9 Å². The number of para-hydroxylation sites is 1. The molecule has 0 bridgehead atoms. The van der Waals surface area contributed by atoms with E-state index in [1.807, 2.05) is 37.3 Å². The van der Waals surface area contributed by atoms with Gasteiger partial charge in [0.2, 0.25) is 5.88 Å². The third-order valence-corrected chi connectivity index (χ3v) is 2.19. The summed E-state index contributed by atoms with van der Waals surface area (Å²) in [7, 11) is 0. The number of ether oxygens (including phenoxy) is 1. The Morgan fingerprint density at radius 2 is 1.94 bits per heavy atom. The van der Waals surface area contributed by atoms with E-state index in [4.69, 9.17) is 10.00 Å². The lowest BCUT2D eigenvalue weighted by Gasteiger charge is -2.06. The van der Waals surface area contributed by atoms with E-state index in [1.54, 1.807) is 12.3 Å². The van der Waals surface area contributed by atoms with Crippen molar-refractivity contribution in [3.63, 3.8) is 0 Å². The summed E-state index contributed by atoms with van der Waals surface area (Å²) < 4.78 is 5.55. The van der Waals surface area contributed by atoms with Gasteiger partial charge >= 0.3 is 0 Å². The molecule has 3 heteroatoms. The first-order valence-electron chi connectivity index (χ1n) is 4.90. The Hall–Kier alpha value is -2.34. The number of pyridine rings is 1. The predicted molar refractivity (Wildman–Crippen MR) is 60.2 cm³/mol. The van der Waals surface area contributed by atoms with E-state index in [1.165, 1.54) is 0 Å². The molecule has 0 saturated heterocycles. The molecule has 0 spiro atoms. The maximum Gasteiger partial charge on any atom is 0.237 e. The highest BCUT2D eigenvalue weighted by Gasteiger charge is 2.08. The standard InChI is InChI=1S/C13H10N2O/c1-10-7-8-15-13(12(10)9-14)16-11-5-3-2-4-6-11/h2-8H,1H3. The highest BCUT2D eigenvalue weighted by molar-refractivity contribution is 5.45. The quantitative estimate of drug-likeness (QED) is 0.765. The van der Waals surface area contributed by atoms with Crippen molar-refractivity contribution in [1.82, 2.24) is 4.98 Å². The Balaban J connectivity index is 2.36. The van der Waals surface area contributed by atoms with Gasteiger partial charge in [0.25, 0.3) is 0 Å². The number of rotatable bonds is 2. The fourth-order valence-corrected chi connectivity index (χ4v) is 1.35. The van der Waals surface area contributed by atoms with Crippen LogP contribution in [-0.4, -0.2) is 4.98 Å². The lowest BCUT2D eigenvalue weighted by atomic mass is 10.2. The van der Waals surface area contributed by atoms with E-state index < -0.39 is 0 Å². The van der Waals surface area contributed by atoms with Gasteiger partial charge in [-0.15, -0.1) is 0 Å². The lowest BCUT2D eigenvalue weighted by Crippen LogP contribution is -1.93. The fourth-order valence-electron chi connectivity index (χ4n) is 1.35. The first-order valence-corrected chi connectivity index (χ1v) is 4.90. The second kappa shape index (κ2) is 4.45. The predicted octanol–water partition coefficient (Wildman–Crippen LogP) is 3.05. The van der Waals surface area contributed by atoms with Gasteiger partial charge in [-0.3, -0.25) is 0 Å². The van der Waals surface area contributed by atoms with Crippen LogP contribution in [0.25, 0.3) is 0 Å². The molecule has 2 rings (SSSR count). The number of nitrogens with zero attached hydrogens (tertiary/aromatic N) is 2. The molecule has 0 unspecified atom stereocenters. The zero-order valence-electron chi connectivity index (χ0n) is 8.84. The molecule has 16 heavy (non-hydrogen) atoms. The highest BCUT2D eigenvalue weighted by Crippen LogP contribution is 2.23. The number of aryl methyl sites for hydroxylation is 1. The number of hydrogen-bond donors (Lipinski definition) is 0. The molecular weight excluding hydrogens is 200 g/mol. The van der Waals surface area contributed by atoms with Crippen molar-refractivity contribution in [2.75, 3.05) is 0 Å². The Bertz CT molecular complexity index is 529. The van der Waals surface area contributed by atoms with Gasteiger partial charge in [-0.2, -0.15) is 5.26 Å². The Morgan fingerprint density at radius 1 is 1.19 bits per heavy atom. The molecule has 2 aromatic rings. The monoisotopic (exact) mass is 210 g/mol. The SMILES string of the molecule is Cc1ccnc(Oc2ccccc2)c1C#N. The molecule has 0 aliphatic carbocycles. The molecule has 1 heterocycles. The Labute approximate surface area is 93.9 Å². The van der Waals surface area contributed by atoms with Gasteiger partial charge in [-0.05, 0) is 30.7 Å². The summed E-state index contributed by atoms with van der Waals surface area (Å²) >= 11 is 0. The average Bonchev–Trinajstić information content (AvgIpc) is 2.31. The van der Waals surface area contributed by atoms with Crippen LogP contribution >= 0.6 is 0 Å². The van der Waals surface area contributed by atoms with Crippen molar-refractivity contribution in [3.05, 3.63) is 53.7 Å². The highest BCUT2D eigenvalue weighted by atomic mass is 16.5. The van der Waals surface area contributed by atoms with Gasteiger partial charge in [0.05, 0.1) is 0 Å². The number of aromatic nitrogens is 1. The lowest BCUT2D eigenvalue weighted by molar-refractivity contribution is 0.461. The zero-order chi connectivity index (χ0) is 11.4. The average molecular weight is 210 g/mol. The van der Waals surface area contributed by atoms with Crippen LogP contribution in [0.2, 0.25) is 0 Å². The van der Waals surface area contributed by atoms with Crippen LogP contribution in [0.5, 0.6) is 11.6 Å².